The van der Waals surface area contributed by atoms with Gasteiger partial charge in [-0.3, -0.25) is 0 Å². The van der Waals surface area contributed by atoms with Crippen molar-refractivity contribution in [2.75, 3.05) is 13.1 Å². The molecule has 3 nitrogen and oxygen atoms in total. The normalized spacial score (nSPS) is 11.1. The molecular formula is C13H19N3. The van der Waals surface area contributed by atoms with Gasteiger partial charge in [-0.2, -0.15) is 0 Å². The molecule has 0 spiro atoms. The monoisotopic (exact) mass is 217 g/mol. The smallest absolute Gasteiger partial charge is 0.0955 e. The first kappa shape index (κ1) is 11.1. The van der Waals surface area contributed by atoms with Crippen LogP contribution in [0.2, 0.25) is 0 Å². The van der Waals surface area contributed by atoms with E-state index >= 15 is 0 Å². The minimum Gasteiger partial charge on any atom is -0.334 e. The first-order valence-corrected chi connectivity index (χ1v) is 5.92. The summed E-state index contributed by atoms with van der Waals surface area (Å²) in [5.41, 5.74) is 3.65. The first-order valence-electron chi connectivity index (χ1n) is 5.92. The highest BCUT2D eigenvalue weighted by Crippen LogP contribution is 2.13. The Morgan fingerprint density at radius 1 is 1.31 bits per heavy atom. The van der Waals surface area contributed by atoms with Gasteiger partial charge in [0.2, 0.25) is 0 Å². The second kappa shape index (κ2) is 5.12. The lowest BCUT2D eigenvalue weighted by molar-refractivity contribution is 0.671. The zero-order valence-electron chi connectivity index (χ0n) is 10.0. The molecule has 0 radical (unpaired) electrons. The summed E-state index contributed by atoms with van der Waals surface area (Å²) in [6.07, 6.45) is 4.13. The number of rotatable bonds is 5. The second-order valence-corrected chi connectivity index (χ2v) is 4.18. The minimum absolute atomic E-state index is 1.05. The molecule has 1 aromatic heterocycles. The van der Waals surface area contributed by atoms with E-state index in [-0.39, 0.29) is 0 Å². The molecule has 0 aliphatic carbocycles. The fourth-order valence-electron chi connectivity index (χ4n) is 1.87. The van der Waals surface area contributed by atoms with Crippen molar-refractivity contribution < 1.29 is 0 Å². The van der Waals surface area contributed by atoms with Crippen LogP contribution in [-0.4, -0.2) is 22.6 Å². The number of hydrogen-bond donors (Lipinski definition) is 1. The molecule has 0 atom stereocenters. The molecule has 3 heteroatoms. The third-order valence-electron chi connectivity index (χ3n) is 2.81. The molecule has 2 rings (SSSR count). The number of aromatic nitrogens is 2. The average molecular weight is 217 g/mol. The summed E-state index contributed by atoms with van der Waals surface area (Å²) in [4.78, 5) is 4.37. The van der Waals surface area contributed by atoms with Crippen molar-refractivity contribution in [3.63, 3.8) is 0 Å². The Morgan fingerprint density at radius 3 is 3.00 bits per heavy atom. The lowest BCUT2D eigenvalue weighted by Gasteiger charge is -2.03. The van der Waals surface area contributed by atoms with Gasteiger partial charge < -0.3 is 9.88 Å². The molecule has 1 heterocycles. The van der Waals surface area contributed by atoms with E-state index in [4.69, 9.17) is 0 Å². The van der Waals surface area contributed by atoms with Crippen LogP contribution in [0.1, 0.15) is 18.9 Å². The average Bonchev–Trinajstić information content (AvgIpc) is 2.66. The fourth-order valence-corrected chi connectivity index (χ4v) is 1.87. The maximum atomic E-state index is 4.37. The van der Waals surface area contributed by atoms with Gasteiger partial charge in [0.15, 0.2) is 0 Å². The largest absolute Gasteiger partial charge is 0.334 e. The van der Waals surface area contributed by atoms with Crippen LogP contribution in [0.5, 0.6) is 0 Å². The molecule has 0 fully saturated rings. The van der Waals surface area contributed by atoms with E-state index < -0.39 is 0 Å². The Kier molecular flexibility index (Phi) is 3.57. The molecule has 0 bridgehead atoms. The van der Waals surface area contributed by atoms with Crippen molar-refractivity contribution in [2.45, 2.75) is 19.8 Å². The van der Waals surface area contributed by atoms with Crippen molar-refractivity contribution >= 4 is 11.0 Å². The van der Waals surface area contributed by atoms with Crippen LogP contribution in [0, 0.1) is 0 Å². The van der Waals surface area contributed by atoms with Gasteiger partial charge in [-0.15, -0.1) is 0 Å². The van der Waals surface area contributed by atoms with E-state index in [2.05, 4.69) is 40.0 Å². The predicted octanol–water partition coefficient (Wildman–Crippen LogP) is 2.12. The number of fused-ring (bicyclic) bond motifs is 1. The molecule has 0 aliphatic rings. The molecule has 0 unspecified atom stereocenters. The standard InChI is InChI=1S/C13H19N3/c1-3-7-14-8-6-11-4-5-13-12(9-11)15-10-16(13)2/h4-5,9-10,14H,3,6-8H2,1-2H3. The summed E-state index contributed by atoms with van der Waals surface area (Å²) < 4.78 is 2.05. The molecule has 2 aromatic rings. The maximum absolute atomic E-state index is 4.37. The van der Waals surface area contributed by atoms with Crippen LogP contribution < -0.4 is 5.32 Å². The summed E-state index contributed by atoms with van der Waals surface area (Å²) in [7, 11) is 2.03. The molecule has 16 heavy (non-hydrogen) atoms. The van der Waals surface area contributed by atoms with E-state index in [1.165, 1.54) is 17.5 Å². The quantitative estimate of drug-likeness (QED) is 0.777. The van der Waals surface area contributed by atoms with Gasteiger partial charge in [0, 0.05) is 7.05 Å². The number of imidazole rings is 1. The number of nitrogens with one attached hydrogen (secondary N) is 1. The highest BCUT2D eigenvalue weighted by Gasteiger charge is 2.00. The Bertz CT molecular complexity index is 459. The van der Waals surface area contributed by atoms with Gasteiger partial charge in [0.25, 0.3) is 0 Å². The van der Waals surface area contributed by atoms with E-state index in [1.54, 1.807) is 0 Å². The number of nitrogens with zero attached hydrogens (tertiary/aromatic N) is 2. The van der Waals surface area contributed by atoms with Crippen LogP contribution in [0.4, 0.5) is 0 Å². The van der Waals surface area contributed by atoms with Crippen molar-refractivity contribution in [1.82, 2.24) is 14.9 Å². The number of aryl methyl sites for hydroxylation is 1. The van der Waals surface area contributed by atoms with Crippen LogP contribution >= 0.6 is 0 Å². The topological polar surface area (TPSA) is 29.9 Å². The van der Waals surface area contributed by atoms with E-state index in [0.717, 1.165) is 25.0 Å². The van der Waals surface area contributed by atoms with Crippen molar-refractivity contribution in [2.24, 2.45) is 7.05 Å². The molecule has 0 amide bonds. The van der Waals surface area contributed by atoms with Gasteiger partial charge in [0.05, 0.1) is 17.4 Å². The van der Waals surface area contributed by atoms with Gasteiger partial charge in [-0.05, 0) is 43.6 Å². The molecule has 0 aliphatic heterocycles. The second-order valence-electron chi connectivity index (χ2n) is 4.18. The third-order valence-corrected chi connectivity index (χ3v) is 2.81. The SMILES string of the molecule is CCCNCCc1ccc2c(c1)ncn2C. The van der Waals surface area contributed by atoms with Crippen LogP contribution in [-0.2, 0) is 13.5 Å². The molecule has 86 valence electrons. The van der Waals surface area contributed by atoms with Gasteiger partial charge >= 0.3 is 0 Å². The summed E-state index contributed by atoms with van der Waals surface area (Å²) in [6, 6.07) is 6.53. The molecule has 1 aromatic carbocycles. The van der Waals surface area contributed by atoms with E-state index in [0.29, 0.717) is 0 Å². The van der Waals surface area contributed by atoms with Crippen LogP contribution in [0.25, 0.3) is 11.0 Å². The summed E-state index contributed by atoms with van der Waals surface area (Å²) in [6.45, 7) is 4.34. The lowest BCUT2D eigenvalue weighted by atomic mass is 10.1. The molecule has 1 N–H and O–H groups in total. The number of benzene rings is 1. The molecule has 0 saturated heterocycles. The summed E-state index contributed by atoms with van der Waals surface area (Å²) in [5.74, 6) is 0. The summed E-state index contributed by atoms with van der Waals surface area (Å²) >= 11 is 0. The van der Waals surface area contributed by atoms with Crippen molar-refractivity contribution in [3.05, 3.63) is 30.1 Å². The van der Waals surface area contributed by atoms with E-state index in [9.17, 15) is 0 Å². The van der Waals surface area contributed by atoms with Gasteiger partial charge in [-0.25, -0.2) is 4.98 Å². The van der Waals surface area contributed by atoms with Crippen LogP contribution in [0.3, 0.4) is 0 Å². The van der Waals surface area contributed by atoms with E-state index in [1.807, 2.05) is 13.4 Å². The summed E-state index contributed by atoms with van der Waals surface area (Å²) in [5, 5.41) is 3.41. The minimum atomic E-state index is 1.05. The Morgan fingerprint density at radius 2 is 2.19 bits per heavy atom. The maximum Gasteiger partial charge on any atom is 0.0955 e. The highest BCUT2D eigenvalue weighted by molar-refractivity contribution is 5.75. The highest BCUT2D eigenvalue weighted by atomic mass is 15.0. The molecular weight excluding hydrogens is 198 g/mol. The Balaban J connectivity index is 2.02. The van der Waals surface area contributed by atoms with Crippen LogP contribution in [0.15, 0.2) is 24.5 Å². The zero-order chi connectivity index (χ0) is 11.4. The zero-order valence-corrected chi connectivity index (χ0v) is 10.0. The van der Waals surface area contributed by atoms with Gasteiger partial charge in [-0.1, -0.05) is 13.0 Å². The van der Waals surface area contributed by atoms with Crippen molar-refractivity contribution in [1.29, 1.82) is 0 Å². The first-order chi connectivity index (χ1) is 7.81. The fraction of sp³-hybridized carbons (Fsp3) is 0.462. The predicted molar refractivity (Wildman–Crippen MR) is 67.6 cm³/mol. The number of hydrogen-bond acceptors (Lipinski definition) is 2. The van der Waals surface area contributed by atoms with Crippen molar-refractivity contribution in [3.8, 4) is 0 Å². The Hall–Kier alpha value is -1.35. The Labute approximate surface area is 96.5 Å². The molecule has 0 saturated carbocycles. The lowest BCUT2D eigenvalue weighted by Crippen LogP contribution is -2.17. The third kappa shape index (κ3) is 2.42. The van der Waals surface area contributed by atoms with Gasteiger partial charge in [0.1, 0.15) is 0 Å².